The van der Waals surface area contributed by atoms with Crippen molar-refractivity contribution < 1.29 is 9.59 Å². The van der Waals surface area contributed by atoms with Crippen molar-refractivity contribution in [3.8, 4) is 0 Å². The van der Waals surface area contributed by atoms with Gasteiger partial charge in [-0.2, -0.15) is 0 Å². The molecule has 0 aliphatic carbocycles. The molecule has 0 atom stereocenters. The second kappa shape index (κ2) is 5.11. The van der Waals surface area contributed by atoms with Crippen LogP contribution >= 0.6 is 15.9 Å². The maximum absolute atomic E-state index is 12.3. The van der Waals surface area contributed by atoms with Gasteiger partial charge in [0.15, 0.2) is 0 Å². The van der Waals surface area contributed by atoms with Gasteiger partial charge in [-0.25, -0.2) is 0 Å². The van der Waals surface area contributed by atoms with Gasteiger partial charge in [-0.3, -0.25) is 9.59 Å². The number of hydrogen-bond donors (Lipinski definition) is 0. The lowest BCUT2D eigenvalue weighted by atomic mass is 10.0. The highest BCUT2D eigenvalue weighted by atomic mass is 79.9. The molecule has 2 aromatic rings. The van der Waals surface area contributed by atoms with Crippen LogP contribution in [0.2, 0.25) is 0 Å². The first-order valence-electron chi connectivity index (χ1n) is 6.70. The van der Waals surface area contributed by atoms with E-state index in [9.17, 15) is 9.59 Å². The lowest BCUT2D eigenvalue weighted by Crippen LogP contribution is -2.29. The molecule has 0 saturated carbocycles. The number of Topliss-reactive ketones (excluding diaryl/α,β-unsaturated/α-hetero) is 1. The maximum atomic E-state index is 12.3. The van der Waals surface area contributed by atoms with E-state index in [-0.39, 0.29) is 0 Å². The molecule has 106 valence electrons. The Hall–Kier alpha value is -1.94. The van der Waals surface area contributed by atoms with Crippen molar-refractivity contribution in [1.29, 1.82) is 0 Å². The van der Waals surface area contributed by atoms with Crippen molar-refractivity contribution in [1.82, 2.24) is 0 Å². The number of aryl methyl sites for hydroxylation is 2. The van der Waals surface area contributed by atoms with Crippen LogP contribution in [-0.2, 0) is 11.3 Å². The van der Waals surface area contributed by atoms with Gasteiger partial charge in [0.05, 0.1) is 17.8 Å². The molecule has 2 aromatic carbocycles. The van der Waals surface area contributed by atoms with E-state index < -0.39 is 11.7 Å². The van der Waals surface area contributed by atoms with Crippen LogP contribution in [0.5, 0.6) is 0 Å². The third kappa shape index (κ3) is 2.29. The molecule has 1 amide bonds. The molecule has 0 bridgehead atoms. The Morgan fingerprint density at radius 3 is 2.38 bits per heavy atom. The van der Waals surface area contributed by atoms with Crippen LogP contribution in [0.25, 0.3) is 0 Å². The zero-order chi connectivity index (χ0) is 15.1. The third-order valence-corrected chi connectivity index (χ3v) is 4.39. The van der Waals surface area contributed by atoms with E-state index in [0.717, 1.165) is 21.2 Å². The molecule has 0 unspecified atom stereocenters. The van der Waals surface area contributed by atoms with Crippen LogP contribution in [0.3, 0.4) is 0 Å². The number of carbonyl (C=O) groups is 2. The molecule has 0 N–H and O–H groups in total. The number of hydrogen-bond acceptors (Lipinski definition) is 2. The number of rotatable bonds is 2. The molecule has 0 radical (unpaired) electrons. The third-order valence-electron chi connectivity index (χ3n) is 3.89. The summed E-state index contributed by atoms with van der Waals surface area (Å²) >= 11 is 3.34. The number of anilines is 1. The predicted octanol–water partition coefficient (Wildman–Crippen LogP) is 3.80. The van der Waals surface area contributed by atoms with Gasteiger partial charge in [-0.1, -0.05) is 34.1 Å². The van der Waals surface area contributed by atoms with Crippen LogP contribution in [0.15, 0.2) is 40.9 Å². The Kier molecular flexibility index (Phi) is 3.41. The van der Waals surface area contributed by atoms with E-state index in [1.807, 2.05) is 44.2 Å². The fourth-order valence-electron chi connectivity index (χ4n) is 2.69. The SMILES string of the molecule is Cc1cccc(C)c1CN1C(=O)C(=O)c2cc(Br)ccc21. The average molecular weight is 344 g/mol. The molecule has 21 heavy (non-hydrogen) atoms. The number of benzene rings is 2. The van der Waals surface area contributed by atoms with E-state index in [2.05, 4.69) is 15.9 Å². The fraction of sp³-hybridized carbons (Fsp3) is 0.176. The summed E-state index contributed by atoms with van der Waals surface area (Å²) in [6, 6.07) is 11.4. The summed E-state index contributed by atoms with van der Waals surface area (Å²) in [5.41, 5.74) is 4.51. The van der Waals surface area contributed by atoms with Crippen molar-refractivity contribution >= 4 is 33.3 Å². The average Bonchev–Trinajstić information content (AvgIpc) is 2.67. The molecule has 0 spiro atoms. The normalized spacial score (nSPS) is 13.8. The fourth-order valence-corrected chi connectivity index (χ4v) is 3.05. The molecule has 0 saturated heterocycles. The summed E-state index contributed by atoms with van der Waals surface area (Å²) in [6.45, 7) is 4.47. The van der Waals surface area contributed by atoms with Crippen molar-refractivity contribution in [2.45, 2.75) is 20.4 Å². The standard InChI is InChI=1S/C17H14BrNO2/c1-10-4-3-5-11(2)14(10)9-19-15-7-6-12(18)8-13(15)16(20)17(19)21/h3-8H,9H2,1-2H3. The maximum Gasteiger partial charge on any atom is 0.299 e. The van der Waals surface area contributed by atoms with Crippen LogP contribution in [-0.4, -0.2) is 11.7 Å². The molecule has 3 rings (SSSR count). The van der Waals surface area contributed by atoms with E-state index in [0.29, 0.717) is 17.8 Å². The zero-order valence-electron chi connectivity index (χ0n) is 11.8. The Morgan fingerprint density at radius 1 is 1.05 bits per heavy atom. The summed E-state index contributed by atoms with van der Waals surface area (Å²) in [6.07, 6.45) is 0. The highest BCUT2D eigenvalue weighted by Gasteiger charge is 2.36. The number of halogens is 1. The topological polar surface area (TPSA) is 37.4 Å². The first-order chi connectivity index (χ1) is 9.99. The van der Waals surface area contributed by atoms with Crippen molar-refractivity contribution in [2.24, 2.45) is 0 Å². The largest absolute Gasteiger partial charge is 0.300 e. The molecular formula is C17H14BrNO2. The highest BCUT2D eigenvalue weighted by molar-refractivity contribution is 9.10. The van der Waals surface area contributed by atoms with Gasteiger partial charge in [0.2, 0.25) is 0 Å². The molecule has 0 aromatic heterocycles. The molecule has 4 heteroatoms. The van der Waals surface area contributed by atoms with E-state index in [1.165, 1.54) is 0 Å². The van der Waals surface area contributed by atoms with E-state index >= 15 is 0 Å². The first kappa shape index (κ1) is 14.0. The highest BCUT2D eigenvalue weighted by Crippen LogP contribution is 2.33. The summed E-state index contributed by atoms with van der Waals surface area (Å²) in [5, 5.41) is 0. The van der Waals surface area contributed by atoms with Gasteiger partial charge >= 0.3 is 0 Å². The molecular weight excluding hydrogens is 330 g/mol. The van der Waals surface area contributed by atoms with Gasteiger partial charge in [0.25, 0.3) is 11.7 Å². The van der Waals surface area contributed by atoms with Gasteiger partial charge in [0.1, 0.15) is 0 Å². The number of amides is 1. The lowest BCUT2D eigenvalue weighted by Gasteiger charge is -2.19. The van der Waals surface area contributed by atoms with Crippen molar-refractivity contribution in [2.75, 3.05) is 4.90 Å². The molecule has 0 fully saturated rings. The van der Waals surface area contributed by atoms with Gasteiger partial charge in [-0.15, -0.1) is 0 Å². The second-order valence-corrected chi connectivity index (χ2v) is 6.17. The minimum absolute atomic E-state index is 0.428. The monoisotopic (exact) mass is 343 g/mol. The molecule has 1 aliphatic heterocycles. The Bertz CT molecular complexity index is 747. The van der Waals surface area contributed by atoms with E-state index in [4.69, 9.17) is 0 Å². The molecule has 3 nitrogen and oxygen atoms in total. The quantitative estimate of drug-likeness (QED) is 0.778. The summed E-state index contributed by atoms with van der Waals surface area (Å²) in [5.74, 6) is -0.886. The Balaban J connectivity index is 2.05. The second-order valence-electron chi connectivity index (χ2n) is 5.25. The summed E-state index contributed by atoms with van der Waals surface area (Å²) in [7, 11) is 0. The number of nitrogens with zero attached hydrogens (tertiary/aromatic N) is 1. The van der Waals surface area contributed by atoms with Crippen molar-refractivity contribution in [3.63, 3.8) is 0 Å². The van der Waals surface area contributed by atoms with Gasteiger partial charge < -0.3 is 4.90 Å². The summed E-state index contributed by atoms with van der Waals surface area (Å²) < 4.78 is 0.802. The van der Waals surface area contributed by atoms with E-state index in [1.54, 1.807) is 11.0 Å². The van der Waals surface area contributed by atoms with Gasteiger partial charge in [-0.05, 0) is 48.7 Å². The molecule has 1 aliphatic rings. The number of fused-ring (bicyclic) bond motifs is 1. The molecule has 1 heterocycles. The van der Waals surface area contributed by atoms with Crippen molar-refractivity contribution in [3.05, 3.63) is 63.1 Å². The van der Waals surface area contributed by atoms with Crippen LogP contribution in [0, 0.1) is 13.8 Å². The van der Waals surface area contributed by atoms with Crippen LogP contribution < -0.4 is 4.90 Å². The number of carbonyl (C=O) groups excluding carboxylic acids is 2. The zero-order valence-corrected chi connectivity index (χ0v) is 13.4. The lowest BCUT2D eigenvalue weighted by molar-refractivity contribution is -0.114. The van der Waals surface area contributed by atoms with Gasteiger partial charge in [0, 0.05) is 4.47 Å². The first-order valence-corrected chi connectivity index (χ1v) is 7.49. The van der Waals surface area contributed by atoms with Crippen LogP contribution in [0.4, 0.5) is 5.69 Å². The minimum Gasteiger partial charge on any atom is -0.300 e. The Labute approximate surface area is 131 Å². The van der Waals surface area contributed by atoms with Crippen LogP contribution in [0.1, 0.15) is 27.0 Å². The minimum atomic E-state index is -0.453. The predicted molar refractivity (Wildman–Crippen MR) is 85.6 cm³/mol. The summed E-state index contributed by atoms with van der Waals surface area (Å²) in [4.78, 5) is 25.9. The Morgan fingerprint density at radius 2 is 1.71 bits per heavy atom. The number of ketones is 1. The smallest absolute Gasteiger partial charge is 0.299 e.